The van der Waals surface area contributed by atoms with Crippen LogP contribution in [0.3, 0.4) is 0 Å². The largest absolute Gasteiger partial charge is 0.378 e. The fourth-order valence-corrected chi connectivity index (χ4v) is 4.31. The molecule has 160 valence electrons. The predicted octanol–water partition coefficient (Wildman–Crippen LogP) is 4.59. The van der Waals surface area contributed by atoms with Crippen LogP contribution in [0.4, 0.5) is 5.69 Å². The lowest BCUT2D eigenvalue weighted by molar-refractivity contribution is 0.0927. The molecule has 0 saturated heterocycles. The number of anilines is 1. The van der Waals surface area contributed by atoms with Gasteiger partial charge in [0.15, 0.2) is 0 Å². The van der Waals surface area contributed by atoms with Crippen LogP contribution in [0.2, 0.25) is 0 Å². The second-order valence-corrected chi connectivity index (χ2v) is 8.57. The van der Waals surface area contributed by atoms with Gasteiger partial charge < -0.3 is 10.2 Å². The van der Waals surface area contributed by atoms with E-state index in [1.165, 1.54) is 22.4 Å². The quantitative estimate of drug-likeness (QED) is 0.642. The lowest BCUT2D eigenvalue weighted by Crippen LogP contribution is -2.40. The summed E-state index contributed by atoms with van der Waals surface area (Å²) in [6.45, 7) is 4.47. The second-order valence-electron chi connectivity index (χ2n) is 8.57. The fourth-order valence-electron chi connectivity index (χ4n) is 4.31. The van der Waals surface area contributed by atoms with Gasteiger partial charge in [-0.25, -0.2) is 0 Å². The van der Waals surface area contributed by atoms with Crippen molar-refractivity contribution in [1.82, 2.24) is 10.2 Å². The summed E-state index contributed by atoms with van der Waals surface area (Å²) in [5, 5.41) is 3.19. The molecule has 4 rings (SSSR count). The highest BCUT2D eigenvalue weighted by Crippen LogP contribution is 2.29. The lowest BCUT2D eigenvalue weighted by Gasteiger charge is -2.36. The van der Waals surface area contributed by atoms with E-state index in [2.05, 4.69) is 77.7 Å². The van der Waals surface area contributed by atoms with Crippen LogP contribution in [-0.2, 0) is 13.0 Å². The standard InChI is InChI=1S/C27H31N3O/c1-20-7-6-10-23(17-20)27(31)28-18-26(22-11-13-25(14-12-22)29(2)3)30-16-15-21-8-4-5-9-24(21)19-30/h4-14,17,26H,15-16,18-19H2,1-3H3,(H,28,31). The number of nitrogens with zero attached hydrogens (tertiary/aromatic N) is 2. The van der Waals surface area contributed by atoms with E-state index in [4.69, 9.17) is 0 Å². The van der Waals surface area contributed by atoms with Crippen LogP contribution in [0, 0.1) is 6.92 Å². The van der Waals surface area contributed by atoms with E-state index in [1.807, 2.05) is 31.2 Å². The van der Waals surface area contributed by atoms with Crippen molar-refractivity contribution in [2.75, 3.05) is 32.1 Å². The van der Waals surface area contributed by atoms with E-state index in [0.717, 1.165) is 25.1 Å². The predicted molar refractivity (Wildman–Crippen MR) is 128 cm³/mol. The molecule has 3 aromatic rings. The van der Waals surface area contributed by atoms with Crippen LogP contribution in [-0.4, -0.2) is 38.0 Å². The Morgan fingerprint density at radius 2 is 1.74 bits per heavy atom. The van der Waals surface area contributed by atoms with E-state index in [0.29, 0.717) is 12.1 Å². The molecule has 0 aliphatic carbocycles. The number of amides is 1. The van der Waals surface area contributed by atoms with E-state index in [1.54, 1.807) is 0 Å². The third-order valence-electron chi connectivity index (χ3n) is 6.13. The van der Waals surface area contributed by atoms with Crippen molar-refractivity contribution in [3.8, 4) is 0 Å². The summed E-state index contributed by atoms with van der Waals surface area (Å²) in [6.07, 6.45) is 1.04. The first-order chi connectivity index (χ1) is 15.0. The number of fused-ring (bicyclic) bond motifs is 1. The summed E-state index contributed by atoms with van der Waals surface area (Å²) in [5.74, 6) is -0.0176. The van der Waals surface area contributed by atoms with E-state index in [-0.39, 0.29) is 11.9 Å². The molecule has 1 aliphatic heterocycles. The normalized spacial score (nSPS) is 14.5. The Kier molecular flexibility index (Phi) is 6.38. The minimum absolute atomic E-state index is 0.0176. The number of nitrogens with one attached hydrogen (secondary N) is 1. The lowest BCUT2D eigenvalue weighted by atomic mass is 9.96. The number of carbonyl (C=O) groups excluding carboxylic acids is 1. The summed E-state index contributed by atoms with van der Waals surface area (Å²) in [6, 6.07) is 25.3. The van der Waals surface area contributed by atoms with Crippen LogP contribution in [0.25, 0.3) is 0 Å². The second kappa shape index (κ2) is 9.36. The molecule has 0 radical (unpaired) electrons. The van der Waals surface area contributed by atoms with Crippen molar-refractivity contribution in [2.45, 2.75) is 25.9 Å². The molecule has 0 spiro atoms. The van der Waals surface area contributed by atoms with Gasteiger partial charge in [-0.1, -0.05) is 54.1 Å². The summed E-state index contributed by atoms with van der Waals surface area (Å²) in [5.41, 5.74) is 7.03. The fraction of sp³-hybridized carbons (Fsp3) is 0.296. The number of rotatable bonds is 6. The highest BCUT2D eigenvalue weighted by atomic mass is 16.1. The molecule has 1 amide bonds. The average molecular weight is 414 g/mol. The number of carbonyl (C=O) groups is 1. The Bertz CT molecular complexity index is 1040. The highest BCUT2D eigenvalue weighted by Gasteiger charge is 2.25. The zero-order valence-electron chi connectivity index (χ0n) is 18.6. The Morgan fingerprint density at radius 1 is 1.00 bits per heavy atom. The van der Waals surface area contributed by atoms with Crippen LogP contribution in [0.5, 0.6) is 0 Å². The Balaban J connectivity index is 1.56. The van der Waals surface area contributed by atoms with Gasteiger partial charge >= 0.3 is 0 Å². The van der Waals surface area contributed by atoms with Gasteiger partial charge in [0.2, 0.25) is 0 Å². The minimum Gasteiger partial charge on any atom is -0.378 e. The topological polar surface area (TPSA) is 35.6 Å². The molecule has 1 aliphatic rings. The van der Waals surface area contributed by atoms with Crippen molar-refractivity contribution in [3.05, 3.63) is 101 Å². The average Bonchev–Trinajstić information content (AvgIpc) is 2.79. The van der Waals surface area contributed by atoms with E-state index in [9.17, 15) is 4.79 Å². The maximum atomic E-state index is 12.8. The Morgan fingerprint density at radius 3 is 2.45 bits per heavy atom. The van der Waals surface area contributed by atoms with Crippen LogP contribution in [0.15, 0.2) is 72.8 Å². The zero-order valence-corrected chi connectivity index (χ0v) is 18.6. The molecule has 4 nitrogen and oxygen atoms in total. The maximum Gasteiger partial charge on any atom is 0.251 e. The number of aryl methyl sites for hydroxylation is 1. The molecular formula is C27H31N3O. The summed E-state index contributed by atoms with van der Waals surface area (Å²) >= 11 is 0. The Labute approximate surface area is 185 Å². The summed E-state index contributed by atoms with van der Waals surface area (Å²) in [7, 11) is 4.10. The molecule has 31 heavy (non-hydrogen) atoms. The first kappa shape index (κ1) is 21.1. The van der Waals surface area contributed by atoms with Crippen molar-refractivity contribution in [1.29, 1.82) is 0 Å². The molecule has 1 atom stereocenters. The van der Waals surface area contributed by atoms with Crippen molar-refractivity contribution < 1.29 is 4.79 Å². The van der Waals surface area contributed by atoms with E-state index >= 15 is 0 Å². The van der Waals surface area contributed by atoms with Crippen LogP contribution >= 0.6 is 0 Å². The van der Waals surface area contributed by atoms with Crippen LogP contribution in [0.1, 0.15) is 38.7 Å². The molecular weight excluding hydrogens is 382 g/mol. The van der Waals surface area contributed by atoms with Crippen molar-refractivity contribution >= 4 is 11.6 Å². The SMILES string of the molecule is Cc1cccc(C(=O)NCC(c2ccc(N(C)C)cc2)N2CCc3ccccc3C2)c1. The van der Waals surface area contributed by atoms with Crippen molar-refractivity contribution in [2.24, 2.45) is 0 Å². The van der Waals surface area contributed by atoms with Crippen molar-refractivity contribution in [3.63, 3.8) is 0 Å². The molecule has 0 saturated carbocycles. The number of benzene rings is 3. The minimum atomic E-state index is -0.0176. The van der Waals surface area contributed by atoms with Crippen LogP contribution < -0.4 is 10.2 Å². The monoisotopic (exact) mass is 413 g/mol. The molecule has 1 heterocycles. The molecule has 0 aromatic heterocycles. The van der Waals surface area contributed by atoms with Gasteiger partial charge in [-0.05, 0) is 54.3 Å². The molecule has 0 bridgehead atoms. The molecule has 1 unspecified atom stereocenters. The number of hydrogen-bond donors (Lipinski definition) is 1. The molecule has 3 aromatic carbocycles. The van der Waals surface area contributed by atoms with Gasteiger partial charge in [-0.3, -0.25) is 9.69 Å². The highest BCUT2D eigenvalue weighted by molar-refractivity contribution is 5.94. The summed E-state index contributed by atoms with van der Waals surface area (Å²) in [4.78, 5) is 17.4. The van der Waals surface area contributed by atoms with Gasteiger partial charge in [-0.15, -0.1) is 0 Å². The van der Waals surface area contributed by atoms with Gasteiger partial charge in [0.25, 0.3) is 5.91 Å². The number of hydrogen-bond acceptors (Lipinski definition) is 3. The van der Waals surface area contributed by atoms with Gasteiger partial charge in [0, 0.05) is 45.0 Å². The third kappa shape index (κ3) is 4.97. The smallest absolute Gasteiger partial charge is 0.251 e. The molecule has 4 heteroatoms. The molecule has 1 N–H and O–H groups in total. The van der Waals surface area contributed by atoms with Gasteiger partial charge in [-0.2, -0.15) is 0 Å². The van der Waals surface area contributed by atoms with Gasteiger partial charge in [0.05, 0.1) is 6.04 Å². The Hall–Kier alpha value is -3.11. The third-order valence-corrected chi connectivity index (χ3v) is 6.13. The van der Waals surface area contributed by atoms with Gasteiger partial charge in [0.1, 0.15) is 0 Å². The zero-order chi connectivity index (χ0) is 21.8. The molecule has 0 fully saturated rings. The summed E-state index contributed by atoms with van der Waals surface area (Å²) < 4.78 is 0. The van der Waals surface area contributed by atoms with E-state index < -0.39 is 0 Å². The first-order valence-electron chi connectivity index (χ1n) is 10.9. The maximum absolute atomic E-state index is 12.8. The first-order valence-corrected chi connectivity index (χ1v) is 10.9.